The van der Waals surface area contributed by atoms with E-state index in [4.69, 9.17) is 15.2 Å². The maximum absolute atomic E-state index is 6.19. The number of anilines is 1. The molecule has 4 nitrogen and oxygen atoms in total. The molecular weight excluding hydrogens is 252 g/mol. The molecule has 2 atom stereocenters. The summed E-state index contributed by atoms with van der Waals surface area (Å²) in [5.41, 5.74) is 6.72. The number of hydrogen-bond donors (Lipinski definition) is 1. The number of ether oxygens (including phenoxy) is 2. The zero-order valence-corrected chi connectivity index (χ0v) is 11.7. The van der Waals surface area contributed by atoms with Crippen molar-refractivity contribution in [3.05, 3.63) is 30.6 Å². The van der Waals surface area contributed by atoms with Crippen molar-refractivity contribution in [2.75, 3.05) is 12.8 Å². The highest BCUT2D eigenvalue weighted by molar-refractivity contribution is 5.96. The third-order valence-corrected chi connectivity index (χ3v) is 4.02. The molecule has 4 heteroatoms. The van der Waals surface area contributed by atoms with Crippen molar-refractivity contribution in [1.82, 2.24) is 4.98 Å². The van der Waals surface area contributed by atoms with E-state index in [-0.39, 0.29) is 6.10 Å². The topological polar surface area (TPSA) is 57.4 Å². The number of nitrogens with zero attached hydrogens (tertiary/aromatic N) is 1. The Hall–Kier alpha value is -1.81. The normalized spacial score (nSPS) is 22.9. The Labute approximate surface area is 118 Å². The first-order valence-corrected chi connectivity index (χ1v) is 7.09. The maximum Gasteiger partial charge on any atom is 0.127 e. The summed E-state index contributed by atoms with van der Waals surface area (Å²) in [6.07, 6.45) is 8.40. The van der Waals surface area contributed by atoms with Gasteiger partial charge < -0.3 is 15.2 Å². The van der Waals surface area contributed by atoms with Crippen LogP contribution in [0.15, 0.2) is 30.6 Å². The first-order valence-electron chi connectivity index (χ1n) is 7.09. The van der Waals surface area contributed by atoms with Gasteiger partial charge in [-0.15, -0.1) is 0 Å². The minimum atomic E-state index is 0.216. The lowest BCUT2D eigenvalue weighted by Crippen LogP contribution is -2.29. The maximum atomic E-state index is 6.19. The molecule has 1 aliphatic rings. The third kappa shape index (κ3) is 2.56. The highest BCUT2D eigenvalue weighted by Crippen LogP contribution is 2.32. The molecule has 3 rings (SSSR count). The third-order valence-electron chi connectivity index (χ3n) is 4.02. The number of pyridine rings is 1. The molecule has 0 amide bonds. The number of hydrogen-bond acceptors (Lipinski definition) is 4. The summed E-state index contributed by atoms with van der Waals surface area (Å²) in [4.78, 5) is 4.13. The van der Waals surface area contributed by atoms with Crippen molar-refractivity contribution in [3.63, 3.8) is 0 Å². The van der Waals surface area contributed by atoms with Crippen molar-refractivity contribution in [1.29, 1.82) is 0 Å². The Balaban J connectivity index is 1.86. The van der Waals surface area contributed by atoms with Crippen LogP contribution in [0, 0.1) is 0 Å². The van der Waals surface area contributed by atoms with Gasteiger partial charge in [-0.1, -0.05) is 0 Å². The molecule has 1 fully saturated rings. The average molecular weight is 272 g/mol. The number of nitrogens with two attached hydrogens (primary N) is 1. The van der Waals surface area contributed by atoms with E-state index in [1.807, 2.05) is 18.2 Å². The summed E-state index contributed by atoms with van der Waals surface area (Å²) >= 11 is 0. The molecule has 106 valence electrons. The second kappa shape index (κ2) is 5.67. The van der Waals surface area contributed by atoms with Crippen LogP contribution in [0.4, 0.5) is 5.69 Å². The molecule has 2 unspecified atom stereocenters. The SMILES string of the molecule is COC1CCCC(Oc2ccc(N)c3cnccc23)C1. The van der Waals surface area contributed by atoms with Gasteiger partial charge in [0.15, 0.2) is 0 Å². The van der Waals surface area contributed by atoms with E-state index in [2.05, 4.69) is 4.98 Å². The molecule has 2 N–H and O–H groups in total. The van der Waals surface area contributed by atoms with Crippen molar-refractivity contribution in [2.24, 2.45) is 0 Å². The van der Waals surface area contributed by atoms with Gasteiger partial charge in [-0.05, 0) is 37.5 Å². The standard InChI is InChI=1S/C16H20N2O2/c1-19-11-3-2-4-12(9-11)20-16-6-5-15(17)14-10-18-8-7-13(14)16/h5-8,10-12H,2-4,9,17H2,1H3. The molecule has 0 aliphatic heterocycles. The van der Waals surface area contributed by atoms with Gasteiger partial charge in [-0.2, -0.15) is 0 Å². The van der Waals surface area contributed by atoms with Gasteiger partial charge in [-0.25, -0.2) is 0 Å². The highest BCUT2D eigenvalue weighted by atomic mass is 16.5. The second-order valence-corrected chi connectivity index (χ2v) is 5.34. The monoisotopic (exact) mass is 272 g/mol. The van der Waals surface area contributed by atoms with Gasteiger partial charge >= 0.3 is 0 Å². The first kappa shape index (κ1) is 13.2. The Morgan fingerprint density at radius 2 is 2.00 bits per heavy atom. The zero-order valence-electron chi connectivity index (χ0n) is 11.7. The summed E-state index contributed by atoms with van der Waals surface area (Å²) in [6.45, 7) is 0. The van der Waals surface area contributed by atoms with Crippen LogP contribution in [-0.2, 0) is 4.74 Å². The van der Waals surface area contributed by atoms with Gasteiger partial charge in [-0.3, -0.25) is 4.98 Å². The first-order chi connectivity index (χ1) is 9.78. The number of rotatable bonds is 3. The Morgan fingerprint density at radius 3 is 2.85 bits per heavy atom. The molecule has 1 aliphatic carbocycles. The van der Waals surface area contributed by atoms with Gasteiger partial charge in [0, 0.05) is 42.4 Å². The van der Waals surface area contributed by atoms with E-state index in [9.17, 15) is 0 Å². The van der Waals surface area contributed by atoms with Crippen molar-refractivity contribution < 1.29 is 9.47 Å². The molecule has 0 radical (unpaired) electrons. The van der Waals surface area contributed by atoms with Gasteiger partial charge in [0.05, 0.1) is 6.10 Å². The van der Waals surface area contributed by atoms with E-state index in [0.29, 0.717) is 6.10 Å². The molecule has 2 aromatic rings. The lowest BCUT2D eigenvalue weighted by molar-refractivity contribution is 0.0214. The van der Waals surface area contributed by atoms with Crippen LogP contribution in [-0.4, -0.2) is 24.3 Å². The molecule has 20 heavy (non-hydrogen) atoms. The van der Waals surface area contributed by atoms with Crippen LogP contribution in [0.25, 0.3) is 10.8 Å². The molecule has 1 aromatic carbocycles. The van der Waals surface area contributed by atoms with Gasteiger partial charge in [0.2, 0.25) is 0 Å². The summed E-state index contributed by atoms with van der Waals surface area (Å²) in [5.74, 6) is 0.887. The molecule has 1 heterocycles. The summed E-state index contributed by atoms with van der Waals surface area (Å²) in [6, 6.07) is 5.79. The number of nitrogen functional groups attached to an aromatic ring is 1. The van der Waals surface area contributed by atoms with Crippen LogP contribution in [0.5, 0.6) is 5.75 Å². The number of aromatic nitrogens is 1. The van der Waals surface area contributed by atoms with Gasteiger partial charge in [0.25, 0.3) is 0 Å². The lowest BCUT2D eigenvalue weighted by Gasteiger charge is -2.29. The van der Waals surface area contributed by atoms with Crippen molar-refractivity contribution >= 4 is 16.5 Å². The molecule has 0 saturated heterocycles. The van der Waals surface area contributed by atoms with E-state index in [1.165, 1.54) is 0 Å². The zero-order chi connectivity index (χ0) is 13.9. The molecule has 0 spiro atoms. The van der Waals surface area contributed by atoms with E-state index in [0.717, 1.165) is 47.9 Å². The highest BCUT2D eigenvalue weighted by Gasteiger charge is 2.23. The fraction of sp³-hybridized carbons (Fsp3) is 0.438. The van der Waals surface area contributed by atoms with E-state index >= 15 is 0 Å². The summed E-state index contributed by atoms with van der Waals surface area (Å²) < 4.78 is 11.6. The van der Waals surface area contributed by atoms with Crippen LogP contribution in [0.3, 0.4) is 0 Å². The van der Waals surface area contributed by atoms with Gasteiger partial charge in [0.1, 0.15) is 11.9 Å². The molecular formula is C16H20N2O2. The van der Waals surface area contributed by atoms with Crippen molar-refractivity contribution in [2.45, 2.75) is 37.9 Å². The largest absolute Gasteiger partial charge is 0.490 e. The summed E-state index contributed by atoms with van der Waals surface area (Å²) in [7, 11) is 1.78. The molecule has 1 saturated carbocycles. The quantitative estimate of drug-likeness (QED) is 0.872. The average Bonchev–Trinajstić information content (AvgIpc) is 2.51. The molecule has 0 bridgehead atoms. The second-order valence-electron chi connectivity index (χ2n) is 5.34. The predicted molar refractivity (Wildman–Crippen MR) is 79.8 cm³/mol. The van der Waals surface area contributed by atoms with E-state index < -0.39 is 0 Å². The molecule has 1 aromatic heterocycles. The Kier molecular flexibility index (Phi) is 3.74. The van der Waals surface area contributed by atoms with Crippen LogP contribution in [0.1, 0.15) is 25.7 Å². The fourth-order valence-electron chi connectivity index (χ4n) is 2.89. The minimum absolute atomic E-state index is 0.216. The minimum Gasteiger partial charge on any atom is -0.490 e. The smallest absolute Gasteiger partial charge is 0.127 e. The Morgan fingerprint density at radius 1 is 1.15 bits per heavy atom. The fourth-order valence-corrected chi connectivity index (χ4v) is 2.89. The summed E-state index contributed by atoms with van der Waals surface area (Å²) in [5, 5.41) is 1.98. The Bertz CT molecular complexity index is 600. The van der Waals surface area contributed by atoms with E-state index in [1.54, 1.807) is 19.5 Å². The van der Waals surface area contributed by atoms with Crippen molar-refractivity contribution in [3.8, 4) is 5.75 Å². The predicted octanol–water partition coefficient (Wildman–Crippen LogP) is 3.15. The number of benzene rings is 1. The van der Waals surface area contributed by atoms with Crippen LogP contribution < -0.4 is 10.5 Å². The number of methoxy groups -OCH3 is 1. The number of fused-ring (bicyclic) bond motifs is 1. The van der Waals surface area contributed by atoms with Crippen LogP contribution in [0.2, 0.25) is 0 Å². The lowest BCUT2D eigenvalue weighted by atomic mass is 9.95. The van der Waals surface area contributed by atoms with Crippen LogP contribution >= 0.6 is 0 Å².